The van der Waals surface area contributed by atoms with E-state index in [0.29, 0.717) is 19.0 Å². The number of likely N-dealkylation sites (tertiary alicyclic amines) is 1. The molecule has 0 bridgehead atoms. The van der Waals surface area contributed by atoms with Gasteiger partial charge in [0.05, 0.1) is 7.11 Å². The maximum absolute atomic E-state index is 11.7. The number of methoxy groups -OCH3 is 1. The largest absolute Gasteiger partial charge is 0.453 e. The maximum Gasteiger partial charge on any atom is 0.409 e. The van der Waals surface area contributed by atoms with Crippen molar-refractivity contribution in [3.63, 3.8) is 0 Å². The lowest BCUT2D eigenvalue weighted by molar-refractivity contribution is -0.120. The summed E-state index contributed by atoms with van der Waals surface area (Å²) in [6.45, 7) is 9.33. The van der Waals surface area contributed by atoms with Gasteiger partial charge in [-0.3, -0.25) is 4.79 Å². The van der Waals surface area contributed by atoms with Crippen LogP contribution < -0.4 is 5.32 Å². The van der Waals surface area contributed by atoms with E-state index < -0.39 is 0 Å². The number of hydrogen-bond acceptors (Lipinski definition) is 3. The Balaban J connectivity index is 2.71. The average molecular weight is 270 g/mol. The van der Waals surface area contributed by atoms with Crippen molar-refractivity contribution in [2.24, 2.45) is 11.3 Å². The molecule has 2 atom stereocenters. The molecule has 1 saturated heterocycles. The van der Waals surface area contributed by atoms with Gasteiger partial charge in [0.1, 0.15) is 0 Å². The number of carbonyl (C=O) groups is 2. The monoisotopic (exact) mass is 270 g/mol. The molecule has 0 aromatic rings. The van der Waals surface area contributed by atoms with Crippen molar-refractivity contribution < 1.29 is 14.3 Å². The van der Waals surface area contributed by atoms with Gasteiger partial charge in [0.15, 0.2) is 0 Å². The first-order chi connectivity index (χ1) is 8.71. The molecule has 2 amide bonds. The summed E-state index contributed by atoms with van der Waals surface area (Å²) < 4.78 is 4.80. The summed E-state index contributed by atoms with van der Waals surface area (Å²) in [4.78, 5) is 24.6. The molecule has 1 heterocycles. The van der Waals surface area contributed by atoms with Crippen LogP contribution in [0, 0.1) is 11.3 Å². The topological polar surface area (TPSA) is 58.6 Å². The van der Waals surface area contributed by atoms with E-state index in [9.17, 15) is 9.59 Å². The number of carbonyl (C=O) groups excluding carboxylic acids is 2. The van der Waals surface area contributed by atoms with Gasteiger partial charge in [-0.2, -0.15) is 0 Å². The van der Waals surface area contributed by atoms with Gasteiger partial charge in [-0.1, -0.05) is 20.8 Å². The van der Waals surface area contributed by atoms with E-state index in [1.807, 2.05) is 0 Å². The van der Waals surface area contributed by atoms with E-state index in [4.69, 9.17) is 4.74 Å². The van der Waals surface area contributed by atoms with Crippen LogP contribution in [-0.4, -0.2) is 43.1 Å². The quantitative estimate of drug-likeness (QED) is 0.835. The van der Waals surface area contributed by atoms with Crippen molar-refractivity contribution in [3.05, 3.63) is 0 Å². The minimum Gasteiger partial charge on any atom is -0.453 e. The first-order valence-corrected chi connectivity index (χ1v) is 6.81. The second kappa shape index (κ2) is 6.26. The van der Waals surface area contributed by atoms with Gasteiger partial charge in [-0.25, -0.2) is 4.79 Å². The number of piperidine rings is 1. The molecule has 110 valence electrons. The van der Waals surface area contributed by atoms with Gasteiger partial charge in [-0.15, -0.1) is 0 Å². The zero-order chi connectivity index (χ0) is 14.6. The predicted molar refractivity (Wildman–Crippen MR) is 73.8 cm³/mol. The van der Waals surface area contributed by atoms with Crippen LogP contribution >= 0.6 is 0 Å². The van der Waals surface area contributed by atoms with E-state index in [1.165, 1.54) is 14.0 Å². The molecule has 0 radical (unpaired) electrons. The fourth-order valence-corrected chi connectivity index (χ4v) is 2.89. The summed E-state index contributed by atoms with van der Waals surface area (Å²) in [5.74, 6) is 0.343. The summed E-state index contributed by atoms with van der Waals surface area (Å²) in [6, 6.07) is 0.0256. The summed E-state index contributed by atoms with van der Waals surface area (Å²) in [5.41, 5.74) is 0.213. The molecule has 1 aliphatic rings. The second-order valence-corrected chi connectivity index (χ2v) is 6.64. The molecule has 0 saturated carbocycles. The van der Waals surface area contributed by atoms with Crippen molar-refractivity contribution in [3.8, 4) is 0 Å². The number of amides is 2. The summed E-state index contributed by atoms with van der Waals surface area (Å²) in [7, 11) is 1.39. The maximum atomic E-state index is 11.7. The average Bonchev–Trinajstić information content (AvgIpc) is 2.24. The van der Waals surface area contributed by atoms with Crippen LogP contribution in [0.4, 0.5) is 4.79 Å². The Kier molecular flexibility index (Phi) is 5.20. The van der Waals surface area contributed by atoms with Gasteiger partial charge in [0.25, 0.3) is 0 Å². The summed E-state index contributed by atoms with van der Waals surface area (Å²) in [6.07, 6.45) is 1.63. The first kappa shape index (κ1) is 15.8. The molecule has 5 heteroatoms. The van der Waals surface area contributed by atoms with Crippen molar-refractivity contribution >= 4 is 12.0 Å². The molecule has 19 heavy (non-hydrogen) atoms. The molecule has 1 rings (SSSR count). The van der Waals surface area contributed by atoms with Crippen LogP contribution in [0.1, 0.15) is 40.5 Å². The Bertz CT molecular complexity index is 336. The summed E-state index contributed by atoms with van der Waals surface area (Å²) >= 11 is 0. The second-order valence-electron chi connectivity index (χ2n) is 6.64. The third-order valence-corrected chi connectivity index (χ3v) is 3.28. The van der Waals surface area contributed by atoms with Crippen molar-refractivity contribution in [1.29, 1.82) is 0 Å². The van der Waals surface area contributed by atoms with Crippen LogP contribution in [0.15, 0.2) is 0 Å². The van der Waals surface area contributed by atoms with Gasteiger partial charge in [0.2, 0.25) is 5.91 Å². The smallest absolute Gasteiger partial charge is 0.409 e. The molecule has 0 spiro atoms. The van der Waals surface area contributed by atoms with Gasteiger partial charge < -0.3 is 15.0 Å². The van der Waals surface area contributed by atoms with Crippen molar-refractivity contribution in [1.82, 2.24) is 10.2 Å². The standard InChI is InChI=1S/C14H26N2O3/c1-10(17)15-12-6-11(7-14(2,3)4)8-16(9-12)13(18)19-5/h11-12H,6-9H2,1-5H3,(H,15,17). The lowest BCUT2D eigenvalue weighted by Gasteiger charge is -2.39. The molecule has 1 N–H and O–H groups in total. The van der Waals surface area contributed by atoms with Crippen molar-refractivity contribution in [2.45, 2.75) is 46.6 Å². The fraction of sp³-hybridized carbons (Fsp3) is 0.857. The number of nitrogens with zero attached hydrogens (tertiary/aromatic N) is 1. The van der Waals surface area contributed by atoms with E-state index in [1.54, 1.807) is 4.90 Å². The van der Waals surface area contributed by atoms with E-state index in [2.05, 4.69) is 26.1 Å². The SMILES string of the molecule is COC(=O)N1CC(CC(C)(C)C)CC(NC(C)=O)C1. The summed E-state index contributed by atoms with van der Waals surface area (Å²) in [5, 5.41) is 2.92. The number of ether oxygens (including phenoxy) is 1. The Morgan fingerprint density at radius 2 is 1.95 bits per heavy atom. The molecule has 1 aliphatic heterocycles. The molecule has 0 aromatic carbocycles. The Labute approximate surface area is 115 Å². The zero-order valence-corrected chi connectivity index (χ0v) is 12.7. The highest BCUT2D eigenvalue weighted by atomic mass is 16.5. The van der Waals surface area contributed by atoms with E-state index in [0.717, 1.165) is 12.8 Å². The molecular weight excluding hydrogens is 244 g/mol. The molecule has 0 aliphatic carbocycles. The van der Waals surface area contributed by atoms with Crippen LogP contribution in [-0.2, 0) is 9.53 Å². The van der Waals surface area contributed by atoms with Crippen LogP contribution in [0.3, 0.4) is 0 Å². The third kappa shape index (κ3) is 5.49. The highest BCUT2D eigenvalue weighted by molar-refractivity contribution is 5.73. The zero-order valence-electron chi connectivity index (χ0n) is 12.7. The van der Waals surface area contributed by atoms with Gasteiger partial charge in [-0.05, 0) is 24.2 Å². The molecular formula is C14H26N2O3. The minimum atomic E-state index is -0.311. The lowest BCUT2D eigenvalue weighted by atomic mass is 9.80. The normalized spacial score (nSPS) is 23.9. The molecule has 5 nitrogen and oxygen atoms in total. The van der Waals surface area contributed by atoms with Crippen LogP contribution in [0.2, 0.25) is 0 Å². The minimum absolute atomic E-state index is 0.0256. The van der Waals surface area contributed by atoms with Crippen molar-refractivity contribution in [2.75, 3.05) is 20.2 Å². The first-order valence-electron chi connectivity index (χ1n) is 6.81. The Morgan fingerprint density at radius 3 is 2.42 bits per heavy atom. The lowest BCUT2D eigenvalue weighted by Crippen LogP contribution is -2.52. The van der Waals surface area contributed by atoms with E-state index in [-0.39, 0.29) is 23.5 Å². The molecule has 2 unspecified atom stereocenters. The molecule has 1 fully saturated rings. The van der Waals surface area contributed by atoms with Crippen LogP contribution in [0.5, 0.6) is 0 Å². The van der Waals surface area contributed by atoms with E-state index >= 15 is 0 Å². The highest BCUT2D eigenvalue weighted by Crippen LogP contribution is 2.30. The van der Waals surface area contributed by atoms with Gasteiger partial charge >= 0.3 is 6.09 Å². The van der Waals surface area contributed by atoms with Crippen LogP contribution in [0.25, 0.3) is 0 Å². The van der Waals surface area contributed by atoms with Gasteiger partial charge in [0, 0.05) is 26.1 Å². The molecule has 0 aromatic heterocycles. The predicted octanol–water partition coefficient (Wildman–Crippen LogP) is 2.02. The Morgan fingerprint density at radius 1 is 1.32 bits per heavy atom. The number of hydrogen-bond donors (Lipinski definition) is 1. The number of nitrogens with one attached hydrogen (secondary N) is 1. The highest BCUT2D eigenvalue weighted by Gasteiger charge is 2.32. The number of rotatable bonds is 2. The Hall–Kier alpha value is -1.26. The fourth-order valence-electron chi connectivity index (χ4n) is 2.89. The third-order valence-electron chi connectivity index (χ3n) is 3.28.